The van der Waals surface area contributed by atoms with Crippen molar-refractivity contribution in [2.45, 2.75) is 26.4 Å². The second kappa shape index (κ2) is 7.59. The van der Waals surface area contributed by atoms with Gasteiger partial charge in [-0.05, 0) is 51.8 Å². The van der Waals surface area contributed by atoms with Crippen molar-refractivity contribution in [1.29, 1.82) is 0 Å². The quantitative estimate of drug-likeness (QED) is 0.539. The Morgan fingerprint density at radius 3 is 2.29 bits per heavy atom. The number of rotatable bonds is 5. The molecule has 21 heavy (non-hydrogen) atoms. The average Bonchev–Trinajstić information content (AvgIpc) is 2.53. The van der Waals surface area contributed by atoms with Gasteiger partial charge in [0.25, 0.3) is 0 Å². The van der Waals surface area contributed by atoms with E-state index >= 15 is 0 Å². The lowest BCUT2D eigenvalue weighted by molar-refractivity contribution is -0.149. The van der Waals surface area contributed by atoms with E-state index in [0.717, 1.165) is 11.1 Å². The molecule has 2 aromatic carbocycles. The number of halogens is 1. The van der Waals surface area contributed by atoms with E-state index < -0.39 is 0 Å². The fraction of sp³-hybridized carbons (Fsp3) is 0.278. The molecule has 0 saturated carbocycles. The summed E-state index contributed by atoms with van der Waals surface area (Å²) in [6.07, 6.45) is 0. The van der Waals surface area contributed by atoms with Crippen LogP contribution >= 0.6 is 22.6 Å². The van der Waals surface area contributed by atoms with Crippen LogP contribution in [0, 0.1) is 9.49 Å². The van der Waals surface area contributed by atoms with E-state index in [2.05, 4.69) is 29.5 Å². The first-order chi connectivity index (χ1) is 10.1. The molecule has 0 spiro atoms. The molecular formula is C18H19IO2. The minimum absolute atomic E-state index is 0.148. The summed E-state index contributed by atoms with van der Waals surface area (Å²) >= 11 is 2.26. The Hall–Kier alpha value is -1.36. The van der Waals surface area contributed by atoms with Crippen molar-refractivity contribution in [3.05, 3.63) is 69.3 Å². The monoisotopic (exact) mass is 394 g/mol. The highest BCUT2D eigenvalue weighted by atomic mass is 127. The highest BCUT2D eigenvalue weighted by Crippen LogP contribution is 2.25. The number of carbonyl (C=O) groups excluding carboxylic acids is 1. The maximum atomic E-state index is 12.2. The maximum Gasteiger partial charge on any atom is 0.309 e. The molecule has 3 heteroatoms. The Labute approximate surface area is 139 Å². The Morgan fingerprint density at radius 1 is 1.05 bits per heavy atom. The SMILES string of the molecule is CC(C(=O)OCc1ccc(I)cc1)C(C)c1ccccc1. The highest BCUT2D eigenvalue weighted by molar-refractivity contribution is 14.1. The summed E-state index contributed by atoms with van der Waals surface area (Å²) in [5.74, 6) is -0.156. The van der Waals surface area contributed by atoms with E-state index in [1.165, 1.54) is 3.57 Å². The van der Waals surface area contributed by atoms with E-state index in [9.17, 15) is 4.79 Å². The molecule has 2 unspecified atom stereocenters. The number of carbonyl (C=O) groups is 1. The summed E-state index contributed by atoms with van der Waals surface area (Å²) in [5, 5.41) is 0. The second-order valence-electron chi connectivity index (χ2n) is 5.22. The molecule has 0 aliphatic carbocycles. The molecular weight excluding hydrogens is 375 g/mol. The van der Waals surface area contributed by atoms with Gasteiger partial charge in [0.05, 0.1) is 5.92 Å². The molecule has 110 valence electrons. The predicted octanol–water partition coefficient (Wildman–Crippen LogP) is 4.77. The summed E-state index contributed by atoms with van der Waals surface area (Å²) in [5.41, 5.74) is 2.18. The predicted molar refractivity (Wildman–Crippen MR) is 93.0 cm³/mol. The van der Waals surface area contributed by atoms with Crippen LogP contribution in [0.3, 0.4) is 0 Å². The third kappa shape index (κ3) is 4.56. The van der Waals surface area contributed by atoms with Crippen molar-refractivity contribution in [2.75, 3.05) is 0 Å². The molecule has 0 bridgehead atoms. The van der Waals surface area contributed by atoms with Gasteiger partial charge in [-0.2, -0.15) is 0 Å². The van der Waals surface area contributed by atoms with Crippen molar-refractivity contribution in [1.82, 2.24) is 0 Å². The van der Waals surface area contributed by atoms with E-state index in [1.807, 2.05) is 61.5 Å². The summed E-state index contributed by atoms with van der Waals surface area (Å²) < 4.78 is 6.61. The zero-order valence-corrected chi connectivity index (χ0v) is 14.4. The lowest BCUT2D eigenvalue weighted by atomic mass is 9.89. The van der Waals surface area contributed by atoms with Gasteiger partial charge in [0.1, 0.15) is 6.61 Å². The first-order valence-electron chi connectivity index (χ1n) is 7.04. The molecule has 2 aromatic rings. The van der Waals surface area contributed by atoms with Gasteiger partial charge in [-0.1, -0.05) is 56.3 Å². The number of ether oxygens (including phenoxy) is 1. The van der Waals surface area contributed by atoms with Gasteiger partial charge in [0.2, 0.25) is 0 Å². The number of benzene rings is 2. The fourth-order valence-corrected chi connectivity index (χ4v) is 2.48. The van der Waals surface area contributed by atoms with E-state index in [-0.39, 0.29) is 17.8 Å². The highest BCUT2D eigenvalue weighted by Gasteiger charge is 2.22. The molecule has 2 rings (SSSR count). The molecule has 2 atom stereocenters. The van der Waals surface area contributed by atoms with Gasteiger partial charge in [-0.3, -0.25) is 4.79 Å². The lowest BCUT2D eigenvalue weighted by Gasteiger charge is -2.19. The molecule has 0 saturated heterocycles. The normalized spacial score (nSPS) is 13.5. The smallest absolute Gasteiger partial charge is 0.309 e. The average molecular weight is 394 g/mol. The van der Waals surface area contributed by atoms with Crippen molar-refractivity contribution >= 4 is 28.6 Å². The minimum atomic E-state index is -0.156. The zero-order valence-electron chi connectivity index (χ0n) is 12.3. The topological polar surface area (TPSA) is 26.3 Å². The van der Waals surface area contributed by atoms with Crippen LogP contribution in [0.25, 0.3) is 0 Å². The van der Waals surface area contributed by atoms with Gasteiger partial charge >= 0.3 is 5.97 Å². The Balaban J connectivity index is 1.92. The van der Waals surface area contributed by atoms with Crippen LogP contribution in [0.15, 0.2) is 54.6 Å². The minimum Gasteiger partial charge on any atom is -0.461 e. The summed E-state index contributed by atoms with van der Waals surface area (Å²) in [6, 6.07) is 18.1. The maximum absolute atomic E-state index is 12.2. The molecule has 0 aromatic heterocycles. The van der Waals surface area contributed by atoms with E-state index in [4.69, 9.17) is 4.74 Å². The standard InChI is InChI=1S/C18H19IO2/c1-13(16-6-4-3-5-7-16)14(2)18(20)21-12-15-8-10-17(19)11-9-15/h3-11,13-14H,12H2,1-2H3. The Bertz CT molecular complexity index is 578. The van der Waals surface area contributed by atoms with Gasteiger partial charge in [-0.15, -0.1) is 0 Å². The van der Waals surface area contributed by atoms with Crippen molar-refractivity contribution in [3.63, 3.8) is 0 Å². The van der Waals surface area contributed by atoms with Crippen LogP contribution in [0.2, 0.25) is 0 Å². The van der Waals surface area contributed by atoms with Crippen molar-refractivity contribution in [3.8, 4) is 0 Å². The zero-order chi connectivity index (χ0) is 15.2. The van der Waals surface area contributed by atoms with Gasteiger partial charge in [0.15, 0.2) is 0 Å². The molecule has 0 radical (unpaired) electrons. The lowest BCUT2D eigenvalue weighted by Crippen LogP contribution is -2.20. The molecule has 0 amide bonds. The number of esters is 1. The second-order valence-corrected chi connectivity index (χ2v) is 6.47. The van der Waals surface area contributed by atoms with Gasteiger partial charge in [0, 0.05) is 3.57 Å². The van der Waals surface area contributed by atoms with Crippen LogP contribution in [0.4, 0.5) is 0 Å². The fourth-order valence-electron chi connectivity index (χ4n) is 2.12. The first kappa shape index (κ1) is 16.0. The van der Waals surface area contributed by atoms with Crippen LogP contribution in [0.5, 0.6) is 0 Å². The van der Waals surface area contributed by atoms with E-state index in [1.54, 1.807) is 0 Å². The van der Waals surface area contributed by atoms with Crippen LogP contribution in [-0.2, 0) is 16.1 Å². The molecule has 0 N–H and O–H groups in total. The van der Waals surface area contributed by atoms with E-state index in [0.29, 0.717) is 6.61 Å². The first-order valence-corrected chi connectivity index (χ1v) is 8.12. The van der Waals surface area contributed by atoms with Crippen molar-refractivity contribution < 1.29 is 9.53 Å². The van der Waals surface area contributed by atoms with Crippen molar-refractivity contribution in [2.24, 2.45) is 5.92 Å². The number of hydrogen-bond acceptors (Lipinski definition) is 2. The summed E-state index contributed by atoms with van der Waals surface area (Å²) in [4.78, 5) is 12.2. The molecule has 0 aliphatic heterocycles. The van der Waals surface area contributed by atoms with Crippen LogP contribution in [0.1, 0.15) is 30.9 Å². The molecule has 0 heterocycles. The van der Waals surface area contributed by atoms with Gasteiger partial charge in [-0.25, -0.2) is 0 Å². The van der Waals surface area contributed by atoms with Gasteiger partial charge < -0.3 is 4.74 Å². The Kier molecular flexibility index (Phi) is 5.79. The number of hydrogen-bond donors (Lipinski definition) is 0. The van der Waals surface area contributed by atoms with Crippen LogP contribution < -0.4 is 0 Å². The van der Waals surface area contributed by atoms with Crippen LogP contribution in [-0.4, -0.2) is 5.97 Å². The third-order valence-corrected chi connectivity index (χ3v) is 4.46. The Morgan fingerprint density at radius 2 is 1.67 bits per heavy atom. The summed E-state index contributed by atoms with van der Waals surface area (Å²) in [7, 11) is 0. The molecule has 0 fully saturated rings. The molecule has 2 nitrogen and oxygen atoms in total. The third-order valence-electron chi connectivity index (χ3n) is 3.74. The molecule has 0 aliphatic rings. The largest absolute Gasteiger partial charge is 0.461 e. The summed E-state index contributed by atoms with van der Waals surface area (Å²) in [6.45, 7) is 4.32.